The van der Waals surface area contributed by atoms with E-state index in [9.17, 15) is 4.79 Å². The van der Waals surface area contributed by atoms with E-state index in [1.807, 2.05) is 96.1 Å². The van der Waals surface area contributed by atoms with Gasteiger partial charge in [0.05, 0.1) is 22.2 Å². The fourth-order valence-electron chi connectivity index (χ4n) is 4.52. The highest BCUT2D eigenvalue weighted by atomic mass is 35.5. The number of halogens is 2. The van der Waals surface area contributed by atoms with Gasteiger partial charge in [0.15, 0.2) is 0 Å². The van der Waals surface area contributed by atoms with Crippen LogP contribution < -0.4 is 0 Å². The molecule has 0 amide bonds. The largest absolute Gasteiger partial charge is 0.462 e. The molecule has 0 saturated carbocycles. The molecule has 4 nitrogen and oxygen atoms in total. The lowest BCUT2D eigenvalue weighted by atomic mass is 9.88. The number of benzene rings is 3. The molecule has 0 fully saturated rings. The molecule has 3 aromatic carbocycles. The van der Waals surface area contributed by atoms with Crippen molar-refractivity contribution in [3.05, 3.63) is 87.9 Å². The highest BCUT2D eigenvalue weighted by Crippen LogP contribution is 2.41. The minimum absolute atomic E-state index is 0.0938. The van der Waals surface area contributed by atoms with Gasteiger partial charge < -0.3 is 9.47 Å². The summed E-state index contributed by atoms with van der Waals surface area (Å²) in [6, 6.07) is 21.6. The number of carbonyl (C=O) groups is 1. The summed E-state index contributed by atoms with van der Waals surface area (Å²) in [5.41, 5.74) is 5.52. The first-order valence-corrected chi connectivity index (χ1v) is 13.8. The number of esters is 1. The Bertz CT molecular complexity index is 1480. The number of hydrogen-bond acceptors (Lipinski definition) is 4. The van der Waals surface area contributed by atoms with Crippen LogP contribution in [0.4, 0.5) is 0 Å². The monoisotopic (exact) mass is 563 g/mol. The number of aromatic nitrogens is 1. The molecule has 0 bridgehead atoms. The lowest BCUT2D eigenvalue weighted by molar-refractivity contribution is -0.162. The van der Waals surface area contributed by atoms with Crippen LogP contribution in [0.3, 0.4) is 0 Å². The van der Waals surface area contributed by atoms with Crippen molar-refractivity contribution < 1.29 is 14.3 Å². The molecular formula is C33H35Cl2NO3. The first-order valence-electron chi connectivity index (χ1n) is 13.0. The molecule has 39 heavy (non-hydrogen) atoms. The van der Waals surface area contributed by atoms with Crippen LogP contribution in [0.15, 0.2) is 66.7 Å². The standard InChI is InChI=1S/C33H35Cl2NO3/c1-20-18-27-25(16-17-26(36-27)21-8-12-23(34)13-9-21)30(22-10-14-24(35)15-11-22)29(20)28(39-33(5,6)7)19-38-31(37)32(2,3)4/h8-18,28H,19H2,1-7H3/t28-/m1/s1. The highest BCUT2D eigenvalue weighted by Gasteiger charge is 2.30. The summed E-state index contributed by atoms with van der Waals surface area (Å²) >= 11 is 12.4. The predicted octanol–water partition coefficient (Wildman–Crippen LogP) is 9.63. The summed E-state index contributed by atoms with van der Waals surface area (Å²) in [7, 11) is 0. The fraction of sp³-hybridized carbons (Fsp3) is 0.333. The van der Waals surface area contributed by atoms with Gasteiger partial charge in [-0.2, -0.15) is 0 Å². The van der Waals surface area contributed by atoms with Gasteiger partial charge in [0, 0.05) is 21.0 Å². The van der Waals surface area contributed by atoms with Crippen molar-refractivity contribution in [1.29, 1.82) is 0 Å². The topological polar surface area (TPSA) is 48.4 Å². The lowest BCUT2D eigenvalue weighted by Crippen LogP contribution is -2.30. The van der Waals surface area contributed by atoms with E-state index in [0.717, 1.165) is 44.4 Å². The molecule has 0 aliphatic rings. The molecule has 204 valence electrons. The second-order valence-corrected chi connectivity index (χ2v) is 12.7. The highest BCUT2D eigenvalue weighted by molar-refractivity contribution is 6.31. The van der Waals surface area contributed by atoms with Crippen LogP contribution in [0.2, 0.25) is 10.0 Å². The van der Waals surface area contributed by atoms with E-state index in [1.165, 1.54) is 0 Å². The van der Waals surface area contributed by atoms with Crippen molar-refractivity contribution in [2.45, 2.75) is 60.2 Å². The predicted molar refractivity (Wildman–Crippen MR) is 161 cm³/mol. The van der Waals surface area contributed by atoms with E-state index >= 15 is 0 Å². The summed E-state index contributed by atoms with van der Waals surface area (Å²) in [6.07, 6.45) is -0.498. The van der Waals surface area contributed by atoms with E-state index in [4.69, 9.17) is 37.7 Å². The smallest absolute Gasteiger partial charge is 0.311 e. The number of ether oxygens (including phenoxy) is 2. The summed E-state index contributed by atoms with van der Waals surface area (Å²) in [5, 5.41) is 2.31. The SMILES string of the molecule is Cc1cc2nc(-c3ccc(Cl)cc3)ccc2c(-c2ccc(Cl)cc2)c1[C@@H](COC(=O)C(C)(C)C)OC(C)(C)C. The molecule has 4 aromatic rings. The van der Waals surface area contributed by atoms with Gasteiger partial charge in [0.25, 0.3) is 0 Å². The van der Waals surface area contributed by atoms with Gasteiger partial charge in [-0.15, -0.1) is 0 Å². The summed E-state index contributed by atoms with van der Waals surface area (Å²) in [5.74, 6) is -0.272. The van der Waals surface area contributed by atoms with Gasteiger partial charge in [-0.1, -0.05) is 53.5 Å². The fourth-order valence-corrected chi connectivity index (χ4v) is 4.77. The zero-order valence-corrected chi connectivity index (χ0v) is 25.1. The van der Waals surface area contributed by atoms with E-state index in [-0.39, 0.29) is 12.6 Å². The molecule has 6 heteroatoms. The van der Waals surface area contributed by atoms with E-state index in [2.05, 4.69) is 19.1 Å². The third-order valence-electron chi connectivity index (χ3n) is 6.31. The Balaban J connectivity index is 1.93. The molecule has 0 N–H and O–H groups in total. The Morgan fingerprint density at radius 1 is 0.846 bits per heavy atom. The minimum Gasteiger partial charge on any atom is -0.462 e. The summed E-state index contributed by atoms with van der Waals surface area (Å²) in [4.78, 5) is 17.8. The molecule has 0 saturated heterocycles. The van der Waals surface area contributed by atoms with Crippen LogP contribution in [0, 0.1) is 12.3 Å². The molecule has 0 unspecified atom stereocenters. The number of pyridine rings is 1. The number of hydrogen-bond donors (Lipinski definition) is 0. The van der Waals surface area contributed by atoms with Gasteiger partial charge in [-0.05, 0) is 107 Å². The average molecular weight is 565 g/mol. The van der Waals surface area contributed by atoms with Crippen LogP contribution in [0.1, 0.15) is 58.8 Å². The van der Waals surface area contributed by atoms with Gasteiger partial charge in [0.1, 0.15) is 12.7 Å². The Kier molecular flexibility index (Phi) is 8.41. The van der Waals surface area contributed by atoms with Crippen molar-refractivity contribution in [2.24, 2.45) is 5.41 Å². The van der Waals surface area contributed by atoms with Crippen LogP contribution in [-0.4, -0.2) is 23.2 Å². The van der Waals surface area contributed by atoms with Crippen molar-refractivity contribution in [3.63, 3.8) is 0 Å². The van der Waals surface area contributed by atoms with E-state index in [0.29, 0.717) is 10.0 Å². The summed E-state index contributed by atoms with van der Waals surface area (Å²) in [6.45, 7) is 13.7. The van der Waals surface area contributed by atoms with Gasteiger partial charge in [-0.25, -0.2) is 4.98 Å². The lowest BCUT2D eigenvalue weighted by Gasteiger charge is -2.31. The molecular weight excluding hydrogens is 529 g/mol. The number of rotatable bonds is 6. The van der Waals surface area contributed by atoms with Crippen molar-refractivity contribution in [3.8, 4) is 22.4 Å². The van der Waals surface area contributed by atoms with Crippen LogP contribution in [0.5, 0.6) is 0 Å². The van der Waals surface area contributed by atoms with Crippen molar-refractivity contribution in [1.82, 2.24) is 4.98 Å². The number of aryl methyl sites for hydroxylation is 1. The first-order chi connectivity index (χ1) is 18.2. The maximum Gasteiger partial charge on any atom is 0.311 e. The number of nitrogens with zero attached hydrogens (tertiary/aromatic N) is 1. The molecule has 4 rings (SSSR count). The maximum atomic E-state index is 12.7. The van der Waals surface area contributed by atoms with Gasteiger partial charge in [-0.3, -0.25) is 4.79 Å². The van der Waals surface area contributed by atoms with Crippen LogP contribution >= 0.6 is 23.2 Å². The average Bonchev–Trinajstić information content (AvgIpc) is 2.85. The number of carbonyl (C=O) groups excluding carboxylic acids is 1. The normalized spacial score (nSPS) is 12.9. The zero-order chi connectivity index (χ0) is 28.5. The Morgan fingerprint density at radius 2 is 1.41 bits per heavy atom. The molecule has 1 heterocycles. The van der Waals surface area contributed by atoms with E-state index < -0.39 is 17.1 Å². The Hall–Kier alpha value is -2.92. The number of fused-ring (bicyclic) bond motifs is 1. The summed E-state index contributed by atoms with van der Waals surface area (Å²) < 4.78 is 12.4. The van der Waals surface area contributed by atoms with Gasteiger partial charge in [0.2, 0.25) is 0 Å². The van der Waals surface area contributed by atoms with Crippen LogP contribution in [0.25, 0.3) is 33.3 Å². The first kappa shape index (κ1) is 29.1. The molecule has 1 atom stereocenters. The molecule has 0 spiro atoms. The molecule has 0 radical (unpaired) electrons. The quantitative estimate of drug-likeness (QED) is 0.219. The second kappa shape index (κ2) is 11.3. The van der Waals surface area contributed by atoms with Crippen molar-refractivity contribution in [2.75, 3.05) is 6.61 Å². The third-order valence-corrected chi connectivity index (χ3v) is 6.81. The molecule has 1 aromatic heterocycles. The van der Waals surface area contributed by atoms with Gasteiger partial charge >= 0.3 is 5.97 Å². The molecule has 0 aliphatic carbocycles. The second-order valence-electron chi connectivity index (χ2n) is 11.8. The van der Waals surface area contributed by atoms with Crippen LogP contribution in [-0.2, 0) is 14.3 Å². The molecule has 0 aliphatic heterocycles. The third kappa shape index (κ3) is 7.00. The zero-order valence-electron chi connectivity index (χ0n) is 23.6. The Labute approximate surface area is 241 Å². The maximum absolute atomic E-state index is 12.7. The minimum atomic E-state index is -0.619. The van der Waals surface area contributed by atoms with E-state index in [1.54, 1.807) is 0 Å². The van der Waals surface area contributed by atoms with Crippen molar-refractivity contribution >= 4 is 40.1 Å². The Morgan fingerprint density at radius 3 is 1.95 bits per heavy atom.